The SMILES string of the molecule is COc1c(C(=O)N[C@@H]2CCCC[C@H]2N)cccc1[N+](=O)[O-]. The Bertz CT molecular complexity index is 547. The van der Waals surface area contributed by atoms with Crippen molar-refractivity contribution in [2.24, 2.45) is 5.73 Å². The molecule has 1 saturated carbocycles. The fraction of sp³-hybridized carbons (Fsp3) is 0.500. The summed E-state index contributed by atoms with van der Waals surface area (Å²) in [7, 11) is 1.31. The molecule has 1 amide bonds. The molecule has 114 valence electrons. The van der Waals surface area contributed by atoms with E-state index in [1.807, 2.05) is 0 Å². The number of amides is 1. The van der Waals surface area contributed by atoms with Gasteiger partial charge in [-0.1, -0.05) is 18.9 Å². The molecule has 7 heteroatoms. The first kappa shape index (κ1) is 15.2. The van der Waals surface area contributed by atoms with E-state index in [0.29, 0.717) is 0 Å². The number of carbonyl (C=O) groups is 1. The monoisotopic (exact) mass is 293 g/mol. The zero-order valence-corrected chi connectivity index (χ0v) is 11.9. The van der Waals surface area contributed by atoms with Crippen LogP contribution in [0.5, 0.6) is 5.75 Å². The van der Waals surface area contributed by atoms with Gasteiger partial charge in [0.05, 0.1) is 17.6 Å². The number of ether oxygens (including phenoxy) is 1. The molecule has 0 aliphatic heterocycles. The van der Waals surface area contributed by atoms with Crippen LogP contribution in [-0.4, -0.2) is 30.0 Å². The number of nitrogens with one attached hydrogen (secondary N) is 1. The molecule has 1 aliphatic carbocycles. The van der Waals surface area contributed by atoms with Gasteiger partial charge in [0.25, 0.3) is 5.91 Å². The Morgan fingerprint density at radius 3 is 2.76 bits per heavy atom. The molecule has 7 nitrogen and oxygen atoms in total. The first-order chi connectivity index (χ1) is 10.0. The zero-order valence-electron chi connectivity index (χ0n) is 11.9. The van der Waals surface area contributed by atoms with Crippen LogP contribution in [0.25, 0.3) is 0 Å². The highest BCUT2D eigenvalue weighted by atomic mass is 16.6. The van der Waals surface area contributed by atoms with E-state index < -0.39 is 10.8 Å². The number of nitrogens with two attached hydrogens (primary N) is 1. The van der Waals surface area contributed by atoms with Crippen molar-refractivity contribution in [2.75, 3.05) is 7.11 Å². The van der Waals surface area contributed by atoms with Gasteiger partial charge in [-0.2, -0.15) is 0 Å². The summed E-state index contributed by atoms with van der Waals surface area (Å²) < 4.78 is 5.04. The Hall–Kier alpha value is -2.15. The Morgan fingerprint density at radius 2 is 2.14 bits per heavy atom. The number of carbonyl (C=O) groups excluding carboxylic acids is 1. The van der Waals surface area contributed by atoms with Crippen molar-refractivity contribution in [3.05, 3.63) is 33.9 Å². The molecule has 21 heavy (non-hydrogen) atoms. The van der Waals surface area contributed by atoms with E-state index in [4.69, 9.17) is 10.5 Å². The second-order valence-corrected chi connectivity index (χ2v) is 5.14. The highest BCUT2D eigenvalue weighted by molar-refractivity contribution is 5.98. The van der Waals surface area contributed by atoms with E-state index in [9.17, 15) is 14.9 Å². The quantitative estimate of drug-likeness (QED) is 0.647. The third kappa shape index (κ3) is 3.30. The van der Waals surface area contributed by atoms with E-state index in [1.54, 1.807) is 0 Å². The van der Waals surface area contributed by atoms with Crippen molar-refractivity contribution in [3.63, 3.8) is 0 Å². The van der Waals surface area contributed by atoms with Gasteiger partial charge in [-0.05, 0) is 18.9 Å². The molecule has 0 unspecified atom stereocenters. The lowest BCUT2D eigenvalue weighted by Gasteiger charge is -2.29. The van der Waals surface area contributed by atoms with E-state index in [1.165, 1.54) is 25.3 Å². The standard InChI is InChI=1S/C14H19N3O4/c1-21-13-9(5-4-8-12(13)17(19)20)14(18)16-11-7-3-2-6-10(11)15/h4-5,8,10-11H,2-3,6-7,15H2,1H3,(H,16,18)/t10-,11-/m1/s1. The van der Waals surface area contributed by atoms with Crippen molar-refractivity contribution in [1.29, 1.82) is 0 Å². The third-order valence-corrected chi connectivity index (χ3v) is 3.78. The number of para-hydroxylation sites is 1. The number of benzene rings is 1. The molecule has 1 aromatic carbocycles. The van der Waals surface area contributed by atoms with Gasteiger partial charge in [-0.3, -0.25) is 14.9 Å². The maximum Gasteiger partial charge on any atom is 0.311 e. The molecule has 2 rings (SSSR count). The Morgan fingerprint density at radius 1 is 1.43 bits per heavy atom. The number of nitrogens with zero attached hydrogens (tertiary/aromatic N) is 1. The summed E-state index contributed by atoms with van der Waals surface area (Å²) in [6.07, 6.45) is 3.78. The van der Waals surface area contributed by atoms with Crippen LogP contribution >= 0.6 is 0 Å². The van der Waals surface area contributed by atoms with Crippen LogP contribution in [0.15, 0.2) is 18.2 Å². The smallest absolute Gasteiger partial charge is 0.311 e. The number of nitro groups is 1. The van der Waals surface area contributed by atoms with E-state index >= 15 is 0 Å². The predicted octanol–water partition coefficient (Wildman–Crippen LogP) is 1.60. The molecule has 1 aliphatic rings. The van der Waals surface area contributed by atoms with Crippen LogP contribution < -0.4 is 15.8 Å². The molecule has 1 fully saturated rings. The van der Waals surface area contributed by atoms with E-state index in [-0.39, 0.29) is 29.1 Å². The normalized spacial score (nSPS) is 21.6. The van der Waals surface area contributed by atoms with Crippen LogP contribution in [0.4, 0.5) is 5.69 Å². The lowest BCUT2D eigenvalue weighted by molar-refractivity contribution is -0.385. The van der Waals surface area contributed by atoms with Crippen molar-refractivity contribution in [2.45, 2.75) is 37.8 Å². The van der Waals surface area contributed by atoms with Gasteiger partial charge in [-0.15, -0.1) is 0 Å². The fourth-order valence-electron chi connectivity index (χ4n) is 2.65. The Balaban J connectivity index is 2.22. The van der Waals surface area contributed by atoms with Crippen LogP contribution in [0.1, 0.15) is 36.0 Å². The van der Waals surface area contributed by atoms with Gasteiger partial charge in [0.1, 0.15) is 0 Å². The summed E-state index contributed by atoms with van der Waals surface area (Å²) in [6, 6.07) is 4.11. The molecular weight excluding hydrogens is 274 g/mol. The molecule has 3 N–H and O–H groups in total. The second-order valence-electron chi connectivity index (χ2n) is 5.14. The highest BCUT2D eigenvalue weighted by Crippen LogP contribution is 2.30. The van der Waals surface area contributed by atoms with Gasteiger partial charge in [0, 0.05) is 18.2 Å². The molecule has 0 bridgehead atoms. The molecule has 2 atom stereocenters. The number of methoxy groups -OCH3 is 1. The van der Waals surface area contributed by atoms with Crippen LogP contribution in [0.2, 0.25) is 0 Å². The molecule has 0 heterocycles. The van der Waals surface area contributed by atoms with Gasteiger partial charge in [-0.25, -0.2) is 0 Å². The summed E-state index contributed by atoms with van der Waals surface area (Å²) >= 11 is 0. The summed E-state index contributed by atoms with van der Waals surface area (Å²) in [4.78, 5) is 22.7. The van der Waals surface area contributed by atoms with Crippen LogP contribution in [0, 0.1) is 10.1 Å². The summed E-state index contributed by atoms with van der Waals surface area (Å²) in [5.74, 6) is -0.415. The third-order valence-electron chi connectivity index (χ3n) is 3.78. The first-order valence-corrected chi connectivity index (χ1v) is 6.92. The topological polar surface area (TPSA) is 107 Å². The number of hydrogen-bond donors (Lipinski definition) is 2. The Kier molecular flexibility index (Phi) is 4.74. The second kappa shape index (κ2) is 6.53. The van der Waals surface area contributed by atoms with Crippen molar-refractivity contribution in [3.8, 4) is 5.75 Å². The summed E-state index contributed by atoms with van der Waals surface area (Å²) in [5, 5.41) is 13.8. The molecular formula is C14H19N3O4. The number of nitro benzene ring substituents is 1. The first-order valence-electron chi connectivity index (χ1n) is 6.92. The van der Waals surface area contributed by atoms with Crippen LogP contribution in [0.3, 0.4) is 0 Å². The highest BCUT2D eigenvalue weighted by Gasteiger charge is 2.27. The van der Waals surface area contributed by atoms with Crippen molar-refractivity contribution in [1.82, 2.24) is 5.32 Å². The minimum Gasteiger partial charge on any atom is -0.490 e. The van der Waals surface area contributed by atoms with Gasteiger partial charge in [0.2, 0.25) is 5.75 Å². The van der Waals surface area contributed by atoms with Crippen molar-refractivity contribution < 1.29 is 14.5 Å². The average Bonchev–Trinajstić information content (AvgIpc) is 2.48. The molecule has 0 spiro atoms. The van der Waals surface area contributed by atoms with Crippen LogP contribution in [-0.2, 0) is 0 Å². The van der Waals surface area contributed by atoms with Crippen molar-refractivity contribution >= 4 is 11.6 Å². The minimum absolute atomic E-state index is 0.0237. The predicted molar refractivity (Wildman–Crippen MR) is 77.3 cm³/mol. The lowest BCUT2D eigenvalue weighted by atomic mass is 9.91. The lowest BCUT2D eigenvalue weighted by Crippen LogP contribution is -2.49. The fourth-order valence-corrected chi connectivity index (χ4v) is 2.65. The zero-order chi connectivity index (χ0) is 15.4. The largest absolute Gasteiger partial charge is 0.490 e. The Labute approximate surface area is 122 Å². The van der Waals surface area contributed by atoms with Gasteiger partial charge >= 0.3 is 5.69 Å². The minimum atomic E-state index is -0.568. The van der Waals surface area contributed by atoms with E-state index in [0.717, 1.165) is 25.7 Å². The molecule has 0 radical (unpaired) electrons. The maximum absolute atomic E-state index is 12.3. The van der Waals surface area contributed by atoms with Gasteiger partial charge < -0.3 is 15.8 Å². The number of rotatable bonds is 4. The summed E-state index contributed by atoms with van der Waals surface area (Å²) in [5.41, 5.74) is 5.93. The maximum atomic E-state index is 12.3. The summed E-state index contributed by atoms with van der Waals surface area (Å²) in [6.45, 7) is 0. The molecule has 1 aromatic rings. The average molecular weight is 293 g/mol. The number of hydrogen-bond acceptors (Lipinski definition) is 5. The van der Waals surface area contributed by atoms with E-state index in [2.05, 4.69) is 5.32 Å². The molecule has 0 aromatic heterocycles. The molecule has 0 saturated heterocycles. The van der Waals surface area contributed by atoms with Gasteiger partial charge in [0.15, 0.2) is 0 Å².